The van der Waals surface area contributed by atoms with E-state index < -0.39 is 27.3 Å². The van der Waals surface area contributed by atoms with Gasteiger partial charge in [-0.05, 0) is 30.3 Å². The minimum atomic E-state index is -4.48. The van der Waals surface area contributed by atoms with Crippen LogP contribution in [0.4, 0.5) is 13.2 Å². The summed E-state index contributed by atoms with van der Waals surface area (Å²) < 4.78 is 63.9. The van der Waals surface area contributed by atoms with E-state index in [0.29, 0.717) is 16.6 Å². The molecule has 0 saturated carbocycles. The normalized spacial score (nSPS) is 12.5. The minimum absolute atomic E-state index is 0.0684. The second-order valence-corrected chi connectivity index (χ2v) is 9.25. The van der Waals surface area contributed by atoms with Gasteiger partial charge in [-0.25, -0.2) is 22.8 Å². The molecule has 162 valence electrons. The largest absolute Gasteiger partial charge is 0.416 e. The number of hydrogen-bond acceptors (Lipinski definition) is 5. The number of aryl methyl sites for hydroxylation is 1. The van der Waals surface area contributed by atoms with Crippen LogP contribution in [0.5, 0.6) is 0 Å². The van der Waals surface area contributed by atoms with Crippen molar-refractivity contribution < 1.29 is 21.6 Å². The van der Waals surface area contributed by atoms with Gasteiger partial charge in [0.25, 0.3) is 0 Å². The number of aromatic nitrogens is 5. The van der Waals surface area contributed by atoms with E-state index in [9.17, 15) is 26.4 Å². The zero-order chi connectivity index (χ0) is 22.4. The van der Waals surface area contributed by atoms with Crippen LogP contribution in [0.15, 0.2) is 53.7 Å². The molecule has 31 heavy (non-hydrogen) atoms. The molecule has 0 fully saturated rings. The standard InChI is InChI=1S/C19H16F3N5O3S/c1-31(29,30)9-8-26-11-12(10-24-26)15-6-7-23-17-16(15)25-18(28)27(17)14-4-2-13(3-5-14)19(20,21)22/h2-7,10-11H,8-9H2,1H3,(H,25,28). The monoisotopic (exact) mass is 451 g/mol. The number of alkyl halides is 3. The highest BCUT2D eigenvalue weighted by Crippen LogP contribution is 2.30. The lowest BCUT2D eigenvalue weighted by Gasteiger charge is -2.08. The number of halogens is 3. The van der Waals surface area contributed by atoms with E-state index in [4.69, 9.17) is 0 Å². The zero-order valence-electron chi connectivity index (χ0n) is 16.1. The number of nitrogens with one attached hydrogen (secondary N) is 1. The lowest BCUT2D eigenvalue weighted by atomic mass is 10.1. The van der Waals surface area contributed by atoms with Crippen molar-refractivity contribution in [1.82, 2.24) is 24.3 Å². The smallest absolute Gasteiger partial charge is 0.303 e. The van der Waals surface area contributed by atoms with E-state index in [-0.39, 0.29) is 23.6 Å². The second kappa shape index (κ2) is 7.38. The van der Waals surface area contributed by atoms with Crippen LogP contribution in [0.25, 0.3) is 28.0 Å². The van der Waals surface area contributed by atoms with Crippen molar-refractivity contribution in [2.45, 2.75) is 12.7 Å². The van der Waals surface area contributed by atoms with Gasteiger partial charge in [-0.15, -0.1) is 0 Å². The molecule has 12 heteroatoms. The lowest BCUT2D eigenvalue weighted by molar-refractivity contribution is -0.137. The average molecular weight is 451 g/mol. The summed E-state index contributed by atoms with van der Waals surface area (Å²) in [6, 6.07) is 5.87. The second-order valence-electron chi connectivity index (χ2n) is 6.99. The zero-order valence-corrected chi connectivity index (χ0v) is 16.9. The summed E-state index contributed by atoms with van der Waals surface area (Å²) in [6.07, 6.45) is 1.31. The molecule has 8 nitrogen and oxygen atoms in total. The first-order valence-electron chi connectivity index (χ1n) is 9.01. The summed E-state index contributed by atoms with van der Waals surface area (Å²) in [6.45, 7) is 0.177. The maximum Gasteiger partial charge on any atom is 0.416 e. The van der Waals surface area contributed by atoms with E-state index in [1.54, 1.807) is 12.3 Å². The Kier molecular flexibility index (Phi) is 4.96. The maximum absolute atomic E-state index is 12.8. The first-order chi connectivity index (χ1) is 14.5. The molecule has 0 amide bonds. The fourth-order valence-corrected chi connectivity index (χ4v) is 3.69. The van der Waals surface area contributed by atoms with E-state index >= 15 is 0 Å². The van der Waals surface area contributed by atoms with E-state index in [1.165, 1.54) is 33.8 Å². The number of fused-ring (bicyclic) bond motifs is 1. The number of nitrogens with zero attached hydrogens (tertiary/aromatic N) is 4. The van der Waals surface area contributed by atoms with Crippen molar-refractivity contribution in [3.05, 3.63) is 65.0 Å². The van der Waals surface area contributed by atoms with Crippen molar-refractivity contribution in [3.8, 4) is 16.8 Å². The molecule has 0 spiro atoms. The van der Waals surface area contributed by atoms with Crippen LogP contribution in [-0.4, -0.2) is 44.7 Å². The molecular weight excluding hydrogens is 435 g/mol. The van der Waals surface area contributed by atoms with Crippen LogP contribution in [0.2, 0.25) is 0 Å². The first kappa shape index (κ1) is 20.8. The van der Waals surface area contributed by atoms with Gasteiger partial charge in [-0.2, -0.15) is 18.3 Å². The van der Waals surface area contributed by atoms with E-state index in [0.717, 1.165) is 18.4 Å². The molecule has 1 aromatic carbocycles. The Morgan fingerprint density at radius 3 is 2.48 bits per heavy atom. The molecule has 0 aliphatic carbocycles. The Balaban J connectivity index is 1.75. The van der Waals surface area contributed by atoms with Gasteiger partial charge in [0.05, 0.1) is 35.3 Å². The molecule has 0 unspecified atom stereocenters. The van der Waals surface area contributed by atoms with Gasteiger partial charge in [0.1, 0.15) is 9.84 Å². The maximum atomic E-state index is 12.8. The highest BCUT2D eigenvalue weighted by atomic mass is 32.2. The van der Waals surface area contributed by atoms with Gasteiger partial charge in [-0.1, -0.05) is 0 Å². The molecule has 0 radical (unpaired) electrons. The number of imidazole rings is 1. The summed E-state index contributed by atoms with van der Waals surface area (Å²) in [5, 5.41) is 4.15. The predicted molar refractivity (Wildman–Crippen MR) is 108 cm³/mol. The van der Waals surface area contributed by atoms with Crippen LogP contribution in [0.1, 0.15) is 5.56 Å². The summed E-state index contributed by atoms with van der Waals surface area (Å²) in [5.74, 6) is -0.0684. The van der Waals surface area contributed by atoms with Crippen molar-refractivity contribution in [2.24, 2.45) is 0 Å². The van der Waals surface area contributed by atoms with Gasteiger partial charge in [0, 0.05) is 29.8 Å². The van der Waals surface area contributed by atoms with Crippen molar-refractivity contribution in [2.75, 3.05) is 12.0 Å². The van der Waals surface area contributed by atoms with Crippen LogP contribution < -0.4 is 5.69 Å². The third kappa shape index (κ3) is 4.24. The highest BCUT2D eigenvalue weighted by Gasteiger charge is 2.30. The molecular formula is C19H16F3N5O3S. The summed E-state index contributed by atoms with van der Waals surface area (Å²) >= 11 is 0. The number of sulfone groups is 1. The lowest BCUT2D eigenvalue weighted by Crippen LogP contribution is -2.15. The van der Waals surface area contributed by atoms with Crippen LogP contribution in [-0.2, 0) is 22.6 Å². The number of H-pyrrole nitrogens is 1. The molecule has 4 aromatic rings. The first-order valence-corrected chi connectivity index (χ1v) is 11.1. The Bertz CT molecular complexity index is 1420. The van der Waals surface area contributed by atoms with E-state index in [2.05, 4.69) is 15.1 Å². The Morgan fingerprint density at radius 2 is 1.84 bits per heavy atom. The predicted octanol–water partition coefficient (Wildman–Crippen LogP) is 2.64. The SMILES string of the molecule is CS(=O)(=O)CCn1cc(-c2ccnc3c2[nH]c(=O)n3-c2ccc(C(F)(F)F)cc2)cn1. The minimum Gasteiger partial charge on any atom is -0.303 e. The van der Waals surface area contributed by atoms with Crippen molar-refractivity contribution >= 4 is 21.0 Å². The summed E-state index contributed by atoms with van der Waals surface area (Å²) in [5.41, 5.74) is 0.706. The Labute approximate surface area is 173 Å². The van der Waals surface area contributed by atoms with Crippen molar-refractivity contribution in [3.63, 3.8) is 0 Å². The molecule has 0 atom stereocenters. The van der Waals surface area contributed by atoms with Crippen LogP contribution in [0.3, 0.4) is 0 Å². The van der Waals surface area contributed by atoms with Crippen molar-refractivity contribution in [1.29, 1.82) is 0 Å². The molecule has 0 bridgehead atoms. The topological polar surface area (TPSA) is 103 Å². The number of benzene rings is 1. The van der Waals surface area contributed by atoms with Gasteiger partial charge >= 0.3 is 11.9 Å². The van der Waals surface area contributed by atoms with Gasteiger partial charge in [-0.3, -0.25) is 4.68 Å². The molecule has 3 heterocycles. The Morgan fingerprint density at radius 1 is 1.13 bits per heavy atom. The van der Waals surface area contributed by atoms with Gasteiger partial charge in [0.2, 0.25) is 0 Å². The Hall–Kier alpha value is -3.41. The highest BCUT2D eigenvalue weighted by molar-refractivity contribution is 7.90. The van der Waals surface area contributed by atoms with Gasteiger partial charge in [0.15, 0.2) is 5.65 Å². The molecule has 0 saturated heterocycles. The quantitative estimate of drug-likeness (QED) is 0.503. The van der Waals surface area contributed by atoms with E-state index in [1.807, 2.05) is 0 Å². The third-order valence-corrected chi connectivity index (χ3v) is 5.59. The number of rotatable bonds is 5. The van der Waals surface area contributed by atoms with Gasteiger partial charge < -0.3 is 4.98 Å². The fraction of sp³-hybridized carbons (Fsp3) is 0.211. The molecule has 4 rings (SSSR count). The number of hydrogen-bond donors (Lipinski definition) is 1. The van der Waals surface area contributed by atoms with Crippen LogP contribution in [0, 0.1) is 0 Å². The number of pyridine rings is 1. The molecule has 3 aromatic heterocycles. The van der Waals surface area contributed by atoms with Crippen LogP contribution >= 0.6 is 0 Å². The molecule has 0 aliphatic rings. The fourth-order valence-electron chi connectivity index (χ4n) is 3.17. The average Bonchev–Trinajstić information content (AvgIpc) is 3.28. The molecule has 0 aliphatic heterocycles. The summed E-state index contributed by atoms with van der Waals surface area (Å²) in [4.78, 5) is 19.5. The summed E-state index contributed by atoms with van der Waals surface area (Å²) in [7, 11) is -3.15. The molecule has 1 N–H and O–H groups in total. The number of aromatic amines is 1. The third-order valence-electron chi connectivity index (χ3n) is 4.67.